The number of rotatable bonds is 7. The van der Waals surface area contributed by atoms with Crippen LogP contribution in [0.5, 0.6) is 11.5 Å². The molecule has 0 N–H and O–H groups in total. The van der Waals surface area contributed by atoms with Gasteiger partial charge in [0, 0.05) is 18.6 Å². The third kappa shape index (κ3) is 4.46. The molecule has 19 heavy (non-hydrogen) atoms. The summed E-state index contributed by atoms with van der Waals surface area (Å²) in [6.07, 6.45) is 0.620. The fourth-order valence-electron chi connectivity index (χ4n) is 1.39. The van der Waals surface area contributed by atoms with Gasteiger partial charge in [0.25, 0.3) is 0 Å². The van der Waals surface area contributed by atoms with Crippen molar-refractivity contribution in [2.45, 2.75) is 12.8 Å². The Hall–Kier alpha value is -2.31. The molecule has 104 valence electrons. The second kappa shape index (κ2) is 7.20. The van der Waals surface area contributed by atoms with E-state index in [4.69, 9.17) is 9.47 Å². The van der Waals surface area contributed by atoms with Crippen LogP contribution < -0.4 is 9.47 Å². The van der Waals surface area contributed by atoms with E-state index in [0.717, 1.165) is 0 Å². The normalized spacial score (nSPS) is 9.79. The molecule has 0 saturated carbocycles. The monoisotopic (exact) mass is 269 g/mol. The summed E-state index contributed by atoms with van der Waals surface area (Å²) in [5.74, 6) is 0.242. The van der Waals surface area contributed by atoms with Crippen LogP contribution in [0.2, 0.25) is 0 Å². The van der Waals surface area contributed by atoms with Gasteiger partial charge in [0.2, 0.25) is 5.75 Å². The SMILES string of the molecule is COC(=O)CCCOc1cc(OC)ccc1[N+](=O)[O-]. The molecule has 7 heteroatoms. The molecular weight excluding hydrogens is 254 g/mol. The number of hydrogen-bond donors (Lipinski definition) is 0. The maximum absolute atomic E-state index is 10.9. The van der Waals surface area contributed by atoms with E-state index in [9.17, 15) is 14.9 Å². The second-order valence-electron chi connectivity index (χ2n) is 3.62. The average Bonchev–Trinajstić information content (AvgIpc) is 2.42. The van der Waals surface area contributed by atoms with Gasteiger partial charge in [-0.15, -0.1) is 0 Å². The lowest BCUT2D eigenvalue weighted by Gasteiger charge is -2.08. The van der Waals surface area contributed by atoms with Crippen LogP contribution in [0.4, 0.5) is 5.69 Å². The molecular formula is C12H15NO6. The minimum Gasteiger partial charge on any atom is -0.497 e. The van der Waals surface area contributed by atoms with E-state index in [1.165, 1.54) is 32.4 Å². The molecule has 0 amide bonds. The van der Waals surface area contributed by atoms with Gasteiger partial charge in [0.15, 0.2) is 0 Å². The molecule has 0 bridgehead atoms. The van der Waals surface area contributed by atoms with Gasteiger partial charge in [0.05, 0.1) is 25.7 Å². The summed E-state index contributed by atoms with van der Waals surface area (Å²) >= 11 is 0. The first kappa shape index (κ1) is 14.7. The minimum atomic E-state index is -0.533. The smallest absolute Gasteiger partial charge is 0.311 e. The highest BCUT2D eigenvalue weighted by Crippen LogP contribution is 2.31. The van der Waals surface area contributed by atoms with Gasteiger partial charge in [-0.1, -0.05) is 0 Å². The number of nitrogens with zero attached hydrogens (tertiary/aromatic N) is 1. The molecule has 0 fully saturated rings. The zero-order valence-electron chi connectivity index (χ0n) is 10.8. The second-order valence-corrected chi connectivity index (χ2v) is 3.62. The first-order valence-corrected chi connectivity index (χ1v) is 5.60. The largest absolute Gasteiger partial charge is 0.497 e. The third-order valence-corrected chi connectivity index (χ3v) is 2.37. The van der Waals surface area contributed by atoms with Crippen LogP contribution in [-0.2, 0) is 9.53 Å². The Kier molecular flexibility index (Phi) is 5.59. The van der Waals surface area contributed by atoms with Crippen molar-refractivity contribution in [1.29, 1.82) is 0 Å². The van der Waals surface area contributed by atoms with Crippen molar-refractivity contribution in [1.82, 2.24) is 0 Å². The molecule has 7 nitrogen and oxygen atoms in total. The van der Waals surface area contributed by atoms with Gasteiger partial charge in [-0.2, -0.15) is 0 Å². The molecule has 1 rings (SSSR count). The van der Waals surface area contributed by atoms with Gasteiger partial charge in [0.1, 0.15) is 5.75 Å². The van der Waals surface area contributed by atoms with Gasteiger partial charge in [-0.05, 0) is 12.5 Å². The molecule has 0 heterocycles. The molecule has 1 aromatic carbocycles. The zero-order valence-corrected chi connectivity index (χ0v) is 10.8. The maximum Gasteiger partial charge on any atom is 0.311 e. The molecule has 0 aliphatic carbocycles. The van der Waals surface area contributed by atoms with Gasteiger partial charge >= 0.3 is 11.7 Å². The number of nitro groups is 1. The van der Waals surface area contributed by atoms with Crippen molar-refractivity contribution >= 4 is 11.7 Å². The van der Waals surface area contributed by atoms with Crippen molar-refractivity contribution in [3.63, 3.8) is 0 Å². The molecule has 0 atom stereocenters. The summed E-state index contributed by atoms with van der Waals surface area (Å²) in [6.45, 7) is 0.184. The van der Waals surface area contributed by atoms with E-state index in [-0.39, 0.29) is 30.4 Å². The average molecular weight is 269 g/mol. The first-order valence-electron chi connectivity index (χ1n) is 5.60. The zero-order chi connectivity index (χ0) is 14.3. The van der Waals surface area contributed by atoms with E-state index < -0.39 is 4.92 Å². The van der Waals surface area contributed by atoms with Crippen LogP contribution in [0, 0.1) is 10.1 Å². The number of esters is 1. The predicted molar refractivity (Wildman–Crippen MR) is 66.4 cm³/mol. The summed E-state index contributed by atoms with van der Waals surface area (Å²) in [4.78, 5) is 21.2. The lowest BCUT2D eigenvalue weighted by atomic mass is 10.2. The number of nitro benzene ring substituents is 1. The van der Waals surface area contributed by atoms with Crippen LogP contribution >= 0.6 is 0 Å². The Labute approximate surface area is 110 Å². The Balaban J connectivity index is 2.64. The van der Waals surface area contributed by atoms with Gasteiger partial charge in [-0.3, -0.25) is 14.9 Å². The highest BCUT2D eigenvalue weighted by Gasteiger charge is 2.16. The van der Waals surface area contributed by atoms with Crippen molar-refractivity contribution in [3.05, 3.63) is 28.3 Å². The Morgan fingerprint density at radius 1 is 1.37 bits per heavy atom. The maximum atomic E-state index is 10.9. The lowest BCUT2D eigenvalue weighted by molar-refractivity contribution is -0.385. The van der Waals surface area contributed by atoms with Crippen LogP contribution in [0.15, 0.2) is 18.2 Å². The molecule has 0 aliphatic heterocycles. The van der Waals surface area contributed by atoms with Crippen molar-refractivity contribution < 1.29 is 23.9 Å². The standard InChI is InChI=1S/C12H15NO6/c1-17-9-5-6-10(13(15)16)11(8-9)19-7-3-4-12(14)18-2/h5-6,8H,3-4,7H2,1-2H3. The molecule has 0 unspecified atom stereocenters. The molecule has 0 spiro atoms. The highest BCUT2D eigenvalue weighted by molar-refractivity contribution is 5.69. The molecule has 0 radical (unpaired) electrons. The Morgan fingerprint density at radius 3 is 2.68 bits per heavy atom. The fraction of sp³-hybridized carbons (Fsp3) is 0.417. The summed E-state index contributed by atoms with van der Waals surface area (Å²) in [6, 6.07) is 4.24. The summed E-state index contributed by atoms with van der Waals surface area (Å²) in [5.41, 5.74) is -0.140. The highest BCUT2D eigenvalue weighted by atomic mass is 16.6. The molecule has 0 saturated heterocycles. The number of methoxy groups -OCH3 is 2. The first-order chi connectivity index (χ1) is 9.08. The molecule has 0 aromatic heterocycles. The Bertz CT molecular complexity index is 460. The number of carbonyl (C=O) groups is 1. The topological polar surface area (TPSA) is 87.9 Å². The number of carbonyl (C=O) groups excluding carboxylic acids is 1. The lowest BCUT2D eigenvalue weighted by Crippen LogP contribution is -2.05. The summed E-state index contributed by atoms with van der Waals surface area (Å²) in [7, 11) is 2.76. The van der Waals surface area contributed by atoms with Gasteiger partial charge in [-0.25, -0.2) is 0 Å². The van der Waals surface area contributed by atoms with E-state index >= 15 is 0 Å². The summed E-state index contributed by atoms with van der Waals surface area (Å²) in [5, 5.41) is 10.8. The van der Waals surface area contributed by atoms with E-state index in [1.807, 2.05) is 0 Å². The van der Waals surface area contributed by atoms with Crippen LogP contribution in [0.3, 0.4) is 0 Å². The quantitative estimate of drug-likeness (QED) is 0.325. The number of hydrogen-bond acceptors (Lipinski definition) is 6. The van der Waals surface area contributed by atoms with Crippen LogP contribution in [0.25, 0.3) is 0 Å². The predicted octanol–water partition coefficient (Wildman–Crippen LogP) is 1.94. The number of ether oxygens (including phenoxy) is 3. The van der Waals surface area contributed by atoms with Crippen molar-refractivity contribution in [2.75, 3.05) is 20.8 Å². The molecule has 1 aromatic rings. The molecule has 0 aliphatic rings. The summed E-state index contributed by atoms with van der Waals surface area (Å²) < 4.78 is 14.8. The van der Waals surface area contributed by atoms with E-state index in [1.54, 1.807) is 0 Å². The van der Waals surface area contributed by atoms with E-state index in [0.29, 0.717) is 12.2 Å². The van der Waals surface area contributed by atoms with Crippen LogP contribution in [-0.4, -0.2) is 31.7 Å². The van der Waals surface area contributed by atoms with Crippen LogP contribution in [0.1, 0.15) is 12.8 Å². The number of benzene rings is 1. The Morgan fingerprint density at radius 2 is 2.11 bits per heavy atom. The minimum absolute atomic E-state index is 0.120. The van der Waals surface area contributed by atoms with Crippen molar-refractivity contribution in [3.8, 4) is 11.5 Å². The third-order valence-electron chi connectivity index (χ3n) is 2.37. The van der Waals surface area contributed by atoms with Gasteiger partial charge < -0.3 is 14.2 Å². The van der Waals surface area contributed by atoms with E-state index in [2.05, 4.69) is 4.74 Å². The fourth-order valence-corrected chi connectivity index (χ4v) is 1.39. The van der Waals surface area contributed by atoms with Crippen molar-refractivity contribution in [2.24, 2.45) is 0 Å².